The number of pyridine rings is 1. The Morgan fingerprint density at radius 2 is 2.38 bits per heavy atom. The van der Waals surface area contributed by atoms with Crippen LogP contribution in [-0.4, -0.2) is 10.8 Å². The first kappa shape index (κ1) is 9.71. The Kier molecular flexibility index (Phi) is 3.43. The van der Waals surface area contributed by atoms with Crippen LogP contribution in [0.5, 0.6) is 0 Å². The molecule has 0 saturated heterocycles. The van der Waals surface area contributed by atoms with Crippen molar-refractivity contribution in [1.29, 1.82) is 0 Å². The monoisotopic (exact) mass is 177 g/mol. The largest absolute Gasteiger partial charge is 0.387 e. The highest BCUT2D eigenvalue weighted by Crippen LogP contribution is 2.04. The summed E-state index contributed by atoms with van der Waals surface area (Å²) in [5.74, 6) is 0.685. The molecule has 3 heteroatoms. The van der Waals surface area contributed by atoms with Crippen molar-refractivity contribution in [3.63, 3.8) is 0 Å². The van der Waals surface area contributed by atoms with Crippen LogP contribution in [-0.2, 0) is 6.54 Å². The molecule has 3 nitrogen and oxygen atoms in total. The average molecular weight is 177 g/mol. The van der Waals surface area contributed by atoms with Crippen LogP contribution in [0.3, 0.4) is 0 Å². The first-order valence-corrected chi connectivity index (χ1v) is 4.43. The van der Waals surface area contributed by atoms with E-state index in [0.29, 0.717) is 12.4 Å². The number of rotatable bonds is 3. The molecule has 0 spiro atoms. The van der Waals surface area contributed by atoms with Gasteiger partial charge >= 0.3 is 0 Å². The van der Waals surface area contributed by atoms with Crippen LogP contribution >= 0.6 is 0 Å². The SMILES string of the molecule is CCC(N)=NCc1ncccc1C. The van der Waals surface area contributed by atoms with Gasteiger partial charge in [-0.2, -0.15) is 0 Å². The lowest BCUT2D eigenvalue weighted by Crippen LogP contribution is -2.10. The van der Waals surface area contributed by atoms with Crippen molar-refractivity contribution in [2.45, 2.75) is 26.8 Å². The maximum atomic E-state index is 5.59. The van der Waals surface area contributed by atoms with Crippen LogP contribution in [0.4, 0.5) is 0 Å². The lowest BCUT2D eigenvalue weighted by molar-refractivity contribution is 0.956. The Morgan fingerprint density at radius 3 is 3.00 bits per heavy atom. The smallest absolute Gasteiger partial charge is 0.0939 e. The normalized spacial score (nSPS) is 11.7. The highest BCUT2D eigenvalue weighted by atomic mass is 14.9. The fourth-order valence-corrected chi connectivity index (χ4v) is 0.972. The van der Waals surface area contributed by atoms with E-state index in [1.807, 2.05) is 26.0 Å². The van der Waals surface area contributed by atoms with E-state index in [-0.39, 0.29) is 0 Å². The first-order valence-electron chi connectivity index (χ1n) is 4.43. The third kappa shape index (κ3) is 2.86. The van der Waals surface area contributed by atoms with Crippen molar-refractivity contribution in [3.05, 3.63) is 29.6 Å². The van der Waals surface area contributed by atoms with Gasteiger partial charge in [0.2, 0.25) is 0 Å². The van der Waals surface area contributed by atoms with Crippen LogP contribution in [0.15, 0.2) is 23.3 Å². The standard InChI is InChI=1S/C10H15N3/c1-3-10(11)13-7-9-8(2)5-4-6-12-9/h4-6H,3,7H2,1-2H3,(H2,11,13). The quantitative estimate of drug-likeness (QED) is 0.564. The molecule has 0 aromatic carbocycles. The Morgan fingerprint density at radius 1 is 1.62 bits per heavy atom. The lowest BCUT2D eigenvalue weighted by Gasteiger charge is -2.00. The average Bonchev–Trinajstić information content (AvgIpc) is 2.16. The highest BCUT2D eigenvalue weighted by Gasteiger charge is 1.96. The van der Waals surface area contributed by atoms with E-state index >= 15 is 0 Å². The van der Waals surface area contributed by atoms with Gasteiger partial charge in [-0.3, -0.25) is 9.98 Å². The van der Waals surface area contributed by atoms with Crippen molar-refractivity contribution in [3.8, 4) is 0 Å². The van der Waals surface area contributed by atoms with Crippen LogP contribution in [0.25, 0.3) is 0 Å². The lowest BCUT2D eigenvalue weighted by atomic mass is 10.2. The van der Waals surface area contributed by atoms with Gasteiger partial charge in [-0.25, -0.2) is 0 Å². The minimum atomic E-state index is 0.590. The van der Waals surface area contributed by atoms with Gasteiger partial charge in [-0.1, -0.05) is 13.0 Å². The molecule has 70 valence electrons. The van der Waals surface area contributed by atoms with Crippen molar-refractivity contribution in [2.24, 2.45) is 10.7 Å². The molecule has 1 heterocycles. The van der Waals surface area contributed by atoms with Gasteiger partial charge in [0.05, 0.1) is 18.1 Å². The molecule has 0 saturated carbocycles. The maximum absolute atomic E-state index is 5.59. The fraction of sp³-hybridized carbons (Fsp3) is 0.400. The zero-order chi connectivity index (χ0) is 9.68. The maximum Gasteiger partial charge on any atom is 0.0939 e. The summed E-state index contributed by atoms with van der Waals surface area (Å²) >= 11 is 0. The summed E-state index contributed by atoms with van der Waals surface area (Å²) in [6.07, 6.45) is 2.58. The summed E-state index contributed by atoms with van der Waals surface area (Å²) in [5, 5.41) is 0. The molecule has 0 atom stereocenters. The minimum absolute atomic E-state index is 0.590. The zero-order valence-electron chi connectivity index (χ0n) is 8.12. The highest BCUT2D eigenvalue weighted by molar-refractivity contribution is 5.79. The molecule has 1 aromatic heterocycles. The summed E-state index contributed by atoms with van der Waals surface area (Å²) < 4.78 is 0. The molecular weight excluding hydrogens is 162 g/mol. The van der Waals surface area contributed by atoms with E-state index in [1.165, 1.54) is 0 Å². The number of nitrogens with two attached hydrogens (primary N) is 1. The number of hydrogen-bond donors (Lipinski definition) is 1. The predicted molar refractivity (Wildman–Crippen MR) is 54.6 cm³/mol. The van der Waals surface area contributed by atoms with Gasteiger partial charge in [0.25, 0.3) is 0 Å². The zero-order valence-corrected chi connectivity index (χ0v) is 8.12. The molecule has 0 bridgehead atoms. The van der Waals surface area contributed by atoms with Crippen LogP contribution in [0, 0.1) is 6.92 Å². The molecule has 0 unspecified atom stereocenters. The third-order valence-corrected chi connectivity index (χ3v) is 1.91. The van der Waals surface area contributed by atoms with Gasteiger partial charge < -0.3 is 5.73 Å². The van der Waals surface area contributed by atoms with Crippen LogP contribution < -0.4 is 5.73 Å². The van der Waals surface area contributed by atoms with Gasteiger partial charge in [-0.15, -0.1) is 0 Å². The molecule has 0 radical (unpaired) electrons. The number of amidine groups is 1. The Bertz CT molecular complexity index is 305. The first-order chi connectivity index (χ1) is 6.24. The summed E-state index contributed by atoms with van der Waals surface area (Å²) in [6, 6.07) is 3.95. The number of nitrogens with zero attached hydrogens (tertiary/aromatic N) is 2. The summed E-state index contributed by atoms with van der Waals surface area (Å²) in [6.45, 7) is 4.61. The number of aliphatic imine (C=N–C) groups is 1. The Balaban J connectivity index is 2.70. The second kappa shape index (κ2) is 4.60. The van der Waals surface area contributed by atoms with Gasteiger partial charge in [-0.05, 0) is 18.6 Å². The van der Waals surface area contributed by atoms with Gasteiger partial charge in [0.1, 0.15) is 0 Å². The van der Waals surface area contributed by atoms with Gasteiger partial charge in [0.15, 0.2) is 0 Å². The van der Waals surface area contributed by atoms with E-state index in [4.69, 9.17) is 5.73 Å². The number of aryl methyl sites for hydroxylation is 1. The van der Waals surface area contributed by atoms with Crippen LogP contribution in [0.2, 0.25) is 0 Å². The van der Waals surface area contributed by atoms with E-state index < -0.39 is 0 Å². The molecule has 0 aliphatic heterocycles. The van der Waals surface area contributed by atoms with Crippen molar-refractivity contribution < 1.29 is 0 Å². The van der Waals surface area contributed by atoms with Crippen molar-refractivity contribution in [1.82, 2.24) is 4.98 Å². The number of aromatic nitrogens is 1. The Labute approximate surface area is 78.7 Å². The second-order valence-electron chi connectivity index (χ2n) is 2.93. The van der Waals surface area contributed by atoms with E-state index in [9.17, 15) is 0 Å². The second-order valence-corrected chi connectivity index (χ2v) is 2.93. The molecule has 13 heavy (non-hydrogen) atoms. The molecule has 0 amide bonds. The number of hydrogen-bond acceptors (Lipinski definition) is 2. The molecule has 0 aliphatic rings. The minimum Gasteiger partial charge on any atom is -0.387 e. The van der Waals surface area contributed by atoms with Gasteiger partial charge in [0, 0.05) is 12.6 Å². The summed E-state index contributed by atoms with van der Waals surface area (Å²) in [7, 11) is 0. The van der Waals surface area contributed by atoms with Crippen molar-refractivity contribution in [2.75, 3.05) is 0 Å². The van der Waals surface area contributed by atoms with E-state index in [2.05, 4.69) is 9.98 Å². The molecule has 1 aromatic rings. The summed E-state index contributed by atoms with van der Waals surface area (Å²) in [5.41, 5.74) is 7.75. The summed E-state index contributed by atoms with van der Waals surface area (Å²) in [4.78, 5) is 8.43. The molecule has 0 aliphatic carbocycles. The molecule has 2 N–H and O–H groups in total. The topological polar surface area (TPSA) is 51.3 Å². The Hall–Kier alpha value is -1.38. The fourth-order valence-electron chi connectivity index (χ4n) is 0.972. The molecule has 1 rings (SSSR count). The van der Waals surface area contributed by atoms with Crippen molar-refractivity contribution >= 4 is 5.84 Å². The predicted octanol–water partition coefficient (Wildman–Crippen LogP) is 1.66. The third-order valence-electron chi connectivity index (χ3n) is 1.91. The molecule has 0 fully saturated rings. The van der Waals surface area contributed by atoms with E-state index in [0.717, 1.165) is 17.7 Å². The van der Waals surface area contributed by atoms with E-state index in [1.54, 1.807) is 6.20 Å². The molecular formula is C10H15N3. The van der Waals surface area contributed by atoms with Crippen LogP contribution in [0.1, 0.15) is 24.6 Å².